The molecule has 0 atom stereocenters. The van der Waals surface area contributed by atoms with Crippen molar-refractivity contribution in [2.24, 2.45) is 0 Å². The van der Waals surface area contributed by atoms with Gasteiger partial charge in [-0.1, -0.05) is 27.5 Å². The van der Waals surface area contributed by atoms with Crippen molar-refractivity contribution < 1.29 is 5.11 Å². The minimum Gasteiger partial charge on any atom is -0.396 e. The van der Waals surface area contributed by atoms with E-state index in [1.165, 1.54) is 6.33 Å². The van der Waals surface area contributed by atoms with E-state index in [1.807, 2.05) is 24.3 Å². The van der Waals surface area contributed by atoms with E-state index in [1.54, 1.807) is 0 Å². The third kappa shape index (κ3) is 3.19. The van der Waals surface area contributed by atoms with Gasteiger partial charge in [-0.05, 0) is 24.3 Å². The lowest BCUT2D eigenvalue weighted by Crippen LogP contribution is -2.03. The molecule has 0 spiro atoms. The van der Waals surface area contributed by atoms with Crippen molar-refractivity contribution in [3.63, 3.8) is 0 Å². The highest BCUT2D eigenvalue weighted by atomic mass is 79.9. The van der Waals surface area contributed by atoms with Crippen molar-refractivity contribution in [1.29, 1.82) is 0 Å². The van der Waals surface area contributed by atoms with E-state index >= 15 is 0 Å². The smallest absolute Gasteiger partial charge is 0.138 e. The Labute approximate surface area is 118 Å². The number of aliphatic hydroxyl groups excluding tert-OH is 1. The maximum atomic E-state index is 9.02. The van der Waals surface area contributed by atoms with Crippen LogP contribution in [0.25, 0.3) is 0 Å². The van der Waals surface area contributed by atoms with Crippen molar-refractivity contribution in [3.05, 3.63) is 45.8 Å². The lowest BCUT2D eigenvalue weighted by atomic mass is 10.2. The van der Waals surface area contributed by atoms with Gasteiger partial charge in [-0.2, -0.15) is 0 Å². The highest BCUT2D eigenvalue weighted by Gasteiger charge is 2.09. The monoisotopic (exact) mass is 327 g/mol. The average Bonchev–Trinajstić information content (AvgIpc) is 2.36. The minimum atomic E-state index is 0.00209. The number of aromatic nitrogens is 2. The first-order valence-corrected chi connectivity index (χ1v) is 6.50. The topological polar surface area (TPSA) is 58.0 Å². The fourth-order valence-corrected chi connectivity index (χ4v) is 1.99. The summed E-state index contributed by atoms with van der Waals surface area (Å²) in [6.07, 6.45) is 1.81. The van der Waals surface area contributed by atoms with Gasteiger partial charge in [0.2, 0.25) is 0 Å². The molecule has 0 aliphatic rings. The summed E-state index contributed by atoms with van der Waals surface area (Å²) in [6, 6.07) is 7.69. The van der Waals surface area contributed by atoms with E-state index in [4.69, 9.17) is 16.7 Å². The Bertz CT molecular complexity index is 533. The molecule has 0 saturated carbocycles. The van der Waals surface area contributed by atoms with Gasteiger partial charge in [0.05, 0.1) is 0 Å². The maximum Gasteiger partial charge on any atom is 0.138 e. The summed E-state index contributed by atoms with van der Waals surface area (Å²) in [7, 11) is 0. The summed E-state index contributed by atoms with van der Waals surface area (Å²) >= 11 is 9.36. The number of anilines is 2. The van der Waals surface area contributed by atoms with Gasteiger partial charge in [0.15, 0.2) is 0 Å². The van der Waals surface area contributed by atoms with Gasteiger partial charge in [0.25, 0.3) is 0 Å². The fraction of sp³-hybridized carbons (Fsp3) is 0.167. The van der Waals surface area contributed by atoms with Crippen LogP contribution in [-0.2, 0) is 6.42 Å². The number of rotatable bonds is 4. The molecular weight excluding hydrogens is 318 g/mol. The highest BCUT2D eigenvalue weighted by Crippen LogP contribution is 2.24. The van der Waals surface area contributed by atoms with Crippen LogP contribution in [0.3, 0.4) is 0 Å². The molecule has 0 aliphatic heterocycles. The van der Waals surface area contributed by atoms with Gasteiger partial charge >= 0.3 is 0 Å². The molecule has 1 aromatic heterocycles. The van der Waals surface area contributed by atoms with E-state index in [2.05, 4.69) is 31.2 Å². The summed E-state index contributed by atoms with van der Waals surface area (Å²) in [5.74, 6) is 0.617. The number of benzene rings is 1. The van der Waals surface area contributed by atoms with Crippen LogP contribution in [0.5, 0.6) is 0 Å². The minimum absolute atomic E-state index is 0.00209. The van der Waals surface area contributed by atoms with Crippen LogP contribution in [-0.4, -0.2) is 21.7 Å². The van der Waals surface area contributed by atoms with E-state index in [9.17, 15) is 0 Å². The Morgan fingerprint density at radius 3 is 2.61 bits per heavy atom. The largest absolute Gasteiger partial charge is 0.396 e. The highest BCUT2D eigenvalue weighted by molar-refractivity contribution is 9.10. The number of nitrogens with zero attached hydrogens (tertiary/aromatic N) is 2. The third-order valence-corrected chi connectivity index (χ3v) is 3.22. The number of halogens is 2. The molecule has 6 heteroatoms. The van der Waals surface area contributed by atoms with E-state index in [0.29, 0.717) is 23.0 Å². The summed E-state index contributed by atoms with van der Waals surface area (Å²) in [5.41, 5.74) is 1.61. The molecule has 2 N–H and O–H groups in total. The number of hydrogen-bond donors (Lipinski definition) is 2. The molecule has 0 fully saturated rings. The Balaban J connectivity index is 2.28. The lowest BCUT2D eigenvalue weighted by Gasteiger charge is -2.11. The molecule has 2 aromatic rings. The van der Waals surface area contributed by atoms with Crippen molar-refractivity contribution in [3.8, 4) is 0 Å². The van der Waals surface area contributed by atoms with Crippen LogP contribution in [0.15, 0.2) is 35.1 Å². The molecular formula is C12H11BrClN3O. The fourth-order valence-electron chi connectivity index (χ4n) is 1.50. The number of aliphatic hydroxyl groups is 1. The number of nitrogens with one attached hydrogen (secondary N) is 1. The Hall–Kier alpha value is -1.17. The molecule has 1 heterocycles. The second-order valence-electron chi connectivity index (χ2n) is 3.60. The predicted molar refractivity (Wildman–Crippen MR) is 75.3 cm³/mol. The summed E-state index contributed by atoms with van der Waals surface area (Å²) in [6.45, 7) is 0.00209. The first kappa shape index (κ1) is 13.3. The standard InChI is InChI=1S/C12H11BrClN3O/c13-8-1-3-9(4-2-8)17-12-10(5-6-18)11(14)15-7-16-12/h1-4,7,18H,5-6H2,(H,15,16,17). The van der Waals surface area contributed by atoms with Crippen LogP contribution in [0.4, 0.5) is 11.5 Å². The summed E-state index contributed by atoms with van der Waals surface area (Å²) in [4.78, 5) is 8.06. The molecule has 94 valence electrons. The second kappa shape index (κ2) is 6.13. The van der Waals surface area contributed by atoms with Crippen molar-refractivity contribution >= 4 is 39.0 Å². The molecule has 1 aromatic carbocycles. The van der Waals surface area contributed by atoms with Gasteiger partial charge in [-0.3, -0.25) is 0 Å². The average molecular weight is 329 g/mol. The van der Waals surface area contributed by atoms with Gasteiger partial charge in [0, 0.05) is 28.8 Å². The lowest BCUT2D eigenvalue weighted by molar-refractivity contribution is 0.299. The zero-order valence-electron chi connectivity index (χ0n) is 9.40. The number of hydrogen-bond acceptors (Lipinski definition) is 4. The Kier molecular flexibility index (Phi) is 4.52. The van der Waals surface area contributed by atoms with E-state index in [-0.39, 0.29) is 6.61 Å². The molecule has 4 nitrogen and oxygen atoms in total. The molecule has 2 rings (SSSR count). The zero-order chi connectivity index (χ0) is 13.0. The van der Waals surface area contributed by atoms with Crippen molar-refractivity contribution in [2.75, 3.05) is 11.9 Å². The molecule has 0 amide bonds. The van der Waals surface area contributed by atoms with Gasteiger partial charge in [-0.25, -0.2) is 9.97 Å². The molecule has 0 bridgehead atoms. The van der Waals surface area contributed by atoms with Crippen LogP contribution < -0.4 is 5.32 Å². The molecule has 0 unspecified atom stereocenters. The van der Waals surface area contributed by atoms with Gasteiger partial charge in [-0.15, -0.1) is 0 Å². The van der Waals surface area contributed by atoms with Crippen LogP contribution in [0.1, 0.15) is 5.56 Å². The molecule has 0 radical (unpaired) electrons. The summed E-state index contributed by atoms with van der Waals surface area (Å²) < 4.78 is 1.00. The SMILES string of the molecule is OCCc1c(Cl)ncnc1Nc1ccc(Br)cc1. The molecule has 0 saturated heterocycles. The quantitative estimate of drug-likeness (QED) is 0.846. The Morgan fingerprint density at radius 2 is 1.94 bits per heavy atom. The molecule has 18 heavy (non-hydrogen) atoms. The van der Waals surface area contributed by atoms with Gasteiger partial charge in [0.1, 0.15) is 17.3 Å². The van der Waals surface area contributed by atoms with Crippen molar-refractivity contribution in [2.45, 2.75) is 6.42 Å². The third-order valence-electron chi connectivity index (χ3n) is 2.36. The molecule has 0 aliphatic carbocycles. The van der Waals surface area contributed by atoms with Crippen molar-refractivity contribution in [1.82, 2.24) is 9.97 Å². The van der Waals surface area contributed by atoms with Gasteiger partial charge < -0.3 is 10.4 Å². The maximum absolute atomic E-state index is 9.02. The first-order chi connectivity index (χ1) is 8.70. The first-order valence-electron chi connectivity index (χ1n) is 5.33. The van der Waals surface area contributed by atoms with E-state index in [0.717, 1.165) is 10.2 Å². The van der Waals surface area contributed by atoms with Crippen LogP contribution >= 0.6 is 27.5 Å². The van der Waals surface area contributed by atoms with Crippen LogP contribution in [0, 0.1) is 0 Å². The zero-order valence-corrected chi connectivity index (χ0v) is 11.7. The normalized spacial score (nSPS) is 10.4. The van der Waals surface area contributed by atoms with E-state index < -0.39 is 0 Å². The summed E-state index contributed by atoms with van der Waals surface area (Å²) in [5, 5.41) is 12.5. The van der Waals surface area contributed by atoms with Crippen LogP contribution in [0.2, 0.25) is 5.15 Å². The predicted octanol–water partition coefficient (Wildman–Crippen LogP) is 3.17. The Morgan fingerprint density at radius 1 is 1.22 bits per heavy atom. The second-order valence-corrected chi connectivity index (χ2v) is 4.87.